The SMILES string of the molecule is CCCC(C)(CBr)CC1CCC2(CCCC2)O1. The minimum atomic E-state index is 0.310. The Labute approximate surface area is 115 Å². The highest BCUT2D eigenvalue weighted by Gasteiger charge is 2.43. The lowest BCUT2D eigenvalue weighted by molar-refractivity contribution is -0.0505. The van der Waals surface area contributed by atoms with Crippen LogP contribution in [0.3, 0.4) is 0 Å². The van der Waals surface area contributed by atoms with Crippen LogP contribution in [-0.4, -0.2) is 17.0 Å². The van der Waals surface area contributed by atoms with Gasteiger partial charge in [-0.25, -0.2) is 0 Å². The van der Waals surface area contributed by atoms with Crippen molar-refractivity contribution in [2.45, 2.75) is 83.3 Å². The van der Waals surface area contributed by atoms with Gasteiger partial charge in [0.25, 0.3) is 0 Å². The quantitative estimate of drug-likeness (QED) is 0.644. The maximum Gasteiger partial charge on any atom is 0.0687 e. The standard InChI is InChI=1S/C15H27BrO/c1-3-7-14(2,12-16)11-13-6-10-15(17-13)8-4-5-9-15/h13H,3-12H2,1-2H3. The first-order valence-electron chi connectivity index (χ1n) is 7.35. The van der Waals surface area contributed by atoms with Crippen LogP contribution >= 0.6 is 15.9 Å². The lowest BCUT2D eigenvalue weighted by atomic mass is 9.82. The van der Waals surface area contributed by atoms with Gasteiger partial charge in [-0.2, -0.15) is 0 Å². The van der Waals surface area contributed by atoms with Crippen molar-refractivity contribution in [1.29, 1.82) is 0 Å². The summed E-state index contributed by atoms with van der Waals surface area (Å²) in [4.78, 5) is 0. The van der Waals surface area contributed by atoms with Crippen molar-refractivity contribution in [2.75, 3.05) is 5.33 Å². The average Bonchev–Trinajstić information content (AvgIpc) is 2.91. The molecule has 1 saturated carbocycles. The van der Waals surface area contributed by atoms with Crippen molar-refractivity contribution in [3.8, 4) is 0 Å². The zero-order chi connectivity index (χ0) is 12.4. The summed E-state index contributed by atoms with van der Waals surface area (Å²) in [5.41, 5.74) is 0.744. The van der Waals surface area contributed by atoms with Crippen LogP contribution in [-0.2, 0) is 4.74 Å². The van der Waals surface area contributed by atoms with Gasteiger partial charge in [0.15, 0.2) is 0 Å². The van der Waals surface area contributed by atoms with Gasteiger partial charge in [0, 0.05) is 5.33 Å². The molecule has 1 aliphatic carbocycles. The van der Waals surface area contributed by atoms with Crippen molar-refractivity contribution in [3.63, 3.8) is 0 Å². The van der Waals surface area contributed by atoms with E-state index in [0.717, 1.165) is 5.33 Å². The van der Waals surface area contributed by atoms with Gasteiger partial charge in [-0.15, -0.1) is 0 Å². The normalized spacial score (nSPS) is 30.9. The number of alkyl halides is 1. The third kappa shape index (κ3) is 3.26. The van der Waals surface area contributed by atoms with Gasteiger partial charge in [0.2, 0.25) is 0 Å². The first-order valence-corrected chi connectivity index (χ1v) is 8.47. The molecule has 2 atom stereocenters. The molecule has 2 unspecified atom stereocenters. The lowest BCUT2D eigenvalue weighted by Gasteiger charge is -2.31. The van der Waals surface area contributed by atoms with Gasteiger partial charge in [0.1, 0.15) is 0 Å². The smallest absolute Gasteiger partial charge is 0.0687 e. The molecule has 1 nitrogen and oxygen atoms in total. The molecule has 1 aliphatic heterocycles. The summed E-state index contributed by atoms with van der Waals surface area (Å²) >= 11 is 3.70. The summed E-state index contributed by atoms with van der Waals surface area (Å²) in [6.07, 6.45) is 12.4. The first-order chi connectivity index (χ1) is 8.11. The minimum Gasteiger partial charge on any atom is -0.372 e. The van der Waals surface area contributed by atoms with Crippen molar-refractivity contribution in [1.82, 2.24) is 0 Å². The van der Waals surface area contributed by atoms with Crippen molar-refractivity contribution < 1.29 is 4.74 Å². The van der Waals surface area contributed by atoms with Gasteiger partial charge in [0.05, 0.1) is 11.7 Å². The molecule has 0 N–H and O–H groups in total. The topological polar surface area (TPSA) is 9.23 Å². The summed E-state index contributed by atoms with van der Waals surface area (Å²) in [5, 5.41) is 1.11. The molecule has 2 fully saturated rings. The summed E-state index contributed by atoms with van der Waals surface area (Å²) in [6.45, 7) is 4.70. The average molecular weight is 303 g/mol. The van der Waals surface area contributed by atoms with Crippen LogP contribution in [0.15, 0.2) is 0 Å². The van der Waals surface area contributed by atoms with E-state index in [4.69, 9.17) is 4.74 Å². The van der Waals surface area contributed by atoms with Gasteiger partial charge < -0.3 is 4.74 Å². The van der Waals surface area contributed by atoms with E-state index in [-0.39, 0.29) is 0 Å². The van der Waals surface area contributed by atoms with Gasteiger partial charge in [-0.05, 0) is 43.9 Å². The molecule has 1 saturated heterocycles. The van der Waals surface area contributed by atoms with Crippen LogP contribution < -0.4 is 0 Å². The molecule has 0 aromatic carbocycles. The summed E-state index contributed by atoms with van der Waals surface area (Å²) in [6, 6.07) is 0. The fourth-order valence-corrected chi connectivity index (χ4v) is 4.31. The van der Waals surface area contributed by atoms with Crippen LogP contribution in [0.25, 0.3) is 0 Å². The van der Waals surface area contributed by atoms with Crippen LogP contribution in [0, 0.1) is 5.41 Å². The van der Waals surface area contributed by atoms with E-state index in [2.05, 4.69) is 29.8 Å². The zero-order valence-corrected chi connectivity index (χ0v) is 13.0. The van der Waals surface area contributed by atoms with E-state index in [9.17, 15) is 0 Å². The first kappa shape index (κ1) is 13.9. The zero-order valence-electron chi connectivity index (χ0n) is 11.4. The highest BCUT2D eigenvalue weighted by atomic mass is 79.9. The number of ether oxygens (including phenoxy) is 1. The molecule has 100 valence electrons. The monoisotopic (exact) mass is 302 g/mol. The lowest BCUT2D eigenvalue weighted by Crippen LogP contribution is -2.29. The molecule has 0 aromatic rings. The fourth-order valence-electron chi connectivity index (χ4n) is 3.80. The third-order valence-corrected chi connectivity index (χ3v) is 6.10. The highest BCUT2D eigenvalue weighted by Crippen LogP contribution is 2.46. The Morgan fingerprint density at radius 1 is 1.29 bits per heavy atom. The minimum absolute atomic E-state index is 0.310. The predicted molar refractivity (Wildman–Crippen MR) is 76.7 cm³/mol. The van der Waals surface area contributed by atoms with E-state index in [1.165, 1.54) is 57.8 Å². The molecule has 2 rings (SSSR count). The molecule has 1 spiro atoms. The molecule has 0 bridgehead atoms. The Morgan fingerprint density at radius 3 is 2.59 bits per heavy atom. The van der Waals surface area contributed by atoms with Crippen molar-refractivity contribution in [2.24, 2.45) is 5.41 Å². The number of hydrogen-bond donors (Lipinski definition) is 0. The molecular weight excluding hydrogens is 276 g/mol. The molecule has 2 aliphatic rings. The molecule has 2 heteroatoms. The molecule has 0 amide bonds. The Balaban J connectivity index is 1.88. The molecule has 1 heterocycles. The number of hydrogen-bond acceptors (Lipinski definition) is 1. The third-order valence-electron chi connectivity index (χ3n) is 4.75. The predicted octanol–water partition coefficient (Wildman–Crippen LogP) is 5.07. The second-order valence-corrected chi connectivity index (χ2v) is 7.13. The van der Waals surface area contributed by atoms with E-state index >= 15 is 0 Å². The Hall–Kier alpha value is 0.440. The fraction of sp³-hybridized carbons (Fsp3) is 1.00. The Morgan fingerprint density at radius 2 is 2.00 bits per heavy atom. The molecular formula is C15H27BrO. The van der Waals surface area contributed by atoms with Crippen LogP contribution in [0.2, 0.25) is 0 Å². The maximum absolute atomic E-state index is 6.43. The van der Waals surface area contributed by atoms with E-state index in [0.29, 0.717) is 17.1 Å². The summed E-state index contributed by atoms with van der Waals surface area (Å²) in [7, 11) is 0. The maximum atomic E-state index is 6.43. The van der Waals surface area contributed by atoms with Crippen molar-refractivity contribution in [3.05, 3.63) is 0 Å². The second-order valence-electron chi connectivity index (χ2n) is 6.57. The van der Waals surface area contributed by atoms with Gasteiger partial charge >= 0.3 is 0 Å². The van der Waals surface area contributed by atoms with E-state index in [1.807, 2.05) is 0 Å². The summed E-state index contributed by atoms with van der Waals surface area (Å²) in [5.74, 6) is 0. The van der Waals surface area contributed by atoms with Crippen molar-refractivity contribution >= 4 is 15.9 Å². The van der Waals surface area contributed by atoms with Gasteiger partial charge in [-0.1, -0.05) is 49.0 Å². The van der Waals surface area contributed by atoms with Crippen LogP contribution in [0.1, 0.15) is 71.6 Å². The largest absolute Gasteiger partial charge is 0.372 e. The van der Waals surface area contributed by atoms with E-state index < -0.39 is 0 Å². The Bertz CT molecular complexity index is 247. The van der Waals surface area contributed by atoms with Crippen LogP contribution in [0.4, 0.5) is 0 Å². The van der Waals surface area contributed by atoms with Gasteiger partial charge in [-0.3, -0.25) is 0 Å². The van der Waals surface area contributed by atoms with Crippen LogP contribution in [0.5, 0.6) is 0 Å². The molecule has 0 radical (unpaired) electrons. The Kier molecular flexibility index (Phi) is 4.57. The second kappa shape index (κ2) is 5.61. The number of rotatable bonds is 5. The molecule has 0 aromatic heterocycles. The van der Waals surface area contributed by atoms with E-state index in [1.54, 1.807) is 0 Å². The number of halogens is 1. The molecule has 17 heavy (non-hydrogen) atoms. The summed E-state index contributed by atoms with van der Waals surface area (Å²) < 4.78 is 6.43. The highest BCUT2D eigenvalue weighted by molar-refractivity contribution is 9.09.